The molecule has 0 radical (unpaired) electrons. The lowest BCUT2D eigenvalue weighted by molar-refractivity contribution is 0.467. The Morgan fingerprint density at radius 2 is 1.69 bits per heavy atom. The second-order valence-corrected chi connectivity index (χ2v) is 3.40. The number of hydrogen-bond donors (Lipinski definition) is 1. The van der Waals surface area contributed by atoms with Crippen molar-refractivity contribution in [1.82, 2.24) is 4.98 Å². The van der Waals surface area contributed by atoms with Crippen LogP contribution in [-0.2, 0) is 6.42 Å². The Hall–Kier alpha value is -1.83. The monoisotopic (exact) mass is 215 g/mol. The van der Waals surface area contributed by atoms with Crippen molar-refractivity contribution in [3.63, 3.8) is 0 Å². The maximum atomic E-state index is 9.24. The van der Waals surface area contributed by atoms with Crippen molar-refractivity contribution in [2.45, 2.75) is 19.8 Å². The van der Waals surface area contributed by atoms with E-state index in [0.717, 1.165) is 18.4 Å². The van der Waals surface area contributed by atoms with Crippen LogP contribution in [0.5, 0.6) is 5.75 Å². The molecule has 0 unspecified atom stereocenters. The van der Waals surface area contributed by atoms with Crippen molar-refractivity contribution >= 4 is 0 Å². The van der Waals surface area contributed by atoms with E-state index in [-0.39, 0.29) is 0 Å². The molecule has 2 rings (SSSR count). The third kappa shape index (κ3) is 4.60. The van der Waals surface area contributed by atoms with Crippen molar-refractivity contribution in [1.29, 1.82) is 0 Å². The quantitative estimate of drug-likeness (QED) is 0.832. The number of phenols is 1. The van der Waals surface area contributed by atoms with Crippen LogP contribution in [0.4, 0.5) is 0 Å². The van der Waals surface area contributed by atoms with Crippen LogP contribution < -0.4 is 0 Å². The van der Waals surface area contributed by atoms with Gasteiger partial charge in [-0.25, -0.2) is 0 Å². The third-order valence-corrected chi connectivity index (χ3v) is 2.08. The first kappa shape index (κ1) is 12.2. The minimum Gasteiger partial charge on any atom is -0.508 e. The van der Waals surface area contributed by atoms with E-state index in [1.807, 2.05) is 36.4 Å². The van der Waals surface area contributed by atoms with E-state index in [2.05, 4.69) is 11.9 Å². The fourth-order valence-electron chi connectivity index (χ4n) is 1.30. The molecule has 0 amide bonds. The fraction of sp³-hybridized carbons (Fsp3) is 0.214. The van der Waals surface area contributed by atoms with Crippen molar-refractivity contribution in [3.8, 4) is 5.75 Å². The summed E-state index contributed by atoms with van der Waals surface area (Å²) in [6.45, 7) is 2.10. The molecule has 1 heterocycles. The summed E-state index contributed by atoms with van der Waals surface area (Å²) < 4.78 is 0. The van der Waals surface area contributed by atoms with Crippen molar-refractivity contribution < 1.29 is 5.11 Å². The number of aromatic nitrogens is 1. The molecule has 0 fully saturated rings. The molecule has 84 valence electrons. The standard InChI is InChI=1S/C9H12O.C5H5N/c1-2-5-8-6-3-4-7-9(8)10;1-2-4-6-5-3-1/h3-4,6-7,10H,2,5H2,1H3;1-5H. The molecule has 16 heavy (non-hydrogen) atoms. The topological polar surface area (TPSA) is 33.1 Å². The molecule has 1 N–H and O–H groups in total. The van der Waals surface area contributed by atoms with Crippen LogP contribution in [-0.4, -0.2) is 10.1 Å². The van der Waals surface area contributed by atoms with Gasteiger partial charge in [0.15, 0.2) is 0 Å². The summed E-state index contributed by atoms with van der Waals surface area (Å²) in [5, 5.41) is 9.24. The number of para-hydroxylation sites is 1. The lowest BCUT2D eigenvalue weighted by Crippen LogP contribution is -1.81. The van der Waals surface area contributed by atoms with E-state index in [9.17, 15) is 5.11 Å². The predicted octanol–water partition coefficient (Wildman–Crippen LogP) is 3.43. The van der Waals surface area contributed by atoms with Gasteiger partial charge in [0.1, 0.15) is 5.75 Å². The first-order chi connectivity index (χ1) is 7.84. The van der Waals surface area contributed by atoms with Crippen LogP contribution in [0.3, 0.4) is 0 Å². The first-order valence-electron chi connectivity index (χ1n) is 5.46. The zero-order valence-electron chi connectivity index (χ0n) is 9.50. The van der Waals surface area contributed by atoms with E-state index >= 15 is 0 Å². The van der Waals surface area contributed by atoms with Gasteiger partial charge in [0, 0.05) is 12.4 Å². The normalized spacial score (nSPS) is 9.06. The van der Waals surface area contributed by atoms with Crippen LogP contribution in [0.1, 0.15) is 18.9 Å². The lowest BCUT2D eigenvalue weighted by Gasteiger charge is -1.99. The Morgan fingerprint density at radius 3 is 2.12 bits per heavy atom. The Labute approximate surface area is 96.6 Å². The Morgan fingerprint density at radius 1 is 1.00 bits per heavy atom. The van der Waals surface area contributed by atoms with Gasteiger partial charge in [-0.15, -0.1) is 0 Å². The summed E-state index contributed by atoms with van der Waals surface area (Å²) in [5.74, 6) is 0.421. The van der Waals surface area contributed by atoms with Gasteiger partial charge in [-0.2, -0.15) is 0 Å². The van der Waals surface area contributed by atoms with Crippen LogP contribution in [0.2, 0.25) is 0 Å². The third-order valence-electron chi connectivity index (χ3n) is 2.08. The summed E-state index contributed by atoms with van der Waals surface area (Å²) in [7, 11) is 0. The van der Waals surface area contributed by atoms with Gasteiger partial charge in [-0.3, -0.25) is 4.98 Å². The number of nitrogens with zero attached hydrogens (tertiary/aromatic N) is 1. The molecule has 0 spiro atoms. The first-order valence-corrected chi connectivity index (χ1v) is 5.46. The Bertz CT molecular complexity index is 360. The molecular formula is C14H17NO. The highest BCUT2D eigenvalue weighted by atomic mass is 16.3. The molecule has 1 aromatic carbocycles. The van der Waals surface area contributed by atoms with Crippen LogP contribution in [0.15, 0.2) is 54.9 Å². The highest BCUT2D eigenvalue weighted by Crippen LogP contribution is 2.16. The molecule has 0 saturated heterocycles. The molecule has 0 bridgehead atoms. The molecule has 2 nitrogen and oxygen atoms in total. The number of aryl methyl sites for hydroxylation is 1. The van der Waals surface area contributed by atoms with Crippen molar-refractivity contribution in [3.05, 3.63) is 60.4 Å². The van der Waals surface area contributed by atoms with Crippen LogP contribution in [0.25, 0.3) is 0 Å². The summed E-state index contributed by atoms with van der Waals surface area (Å²) in [4.78, 5) is 3.78. The highest BCUT2D eigenvalue weighted by molar-refractivity contribution is 5.31. The van der Waals surface area contributed by atoms with E-state index in [1.165, 1.54) is 0 Å². The number of benzene rings is 1. The summed E-state index contributed by atoms with van der Waals surface area (Å²) >= 11 is 0. The second-order valence-electron chi connectivity index (χ2n) is 3.40. The molecule has 0 atom stereocenters. The maximum Gasteiger partial charge on any atom is 0.118 e. The average molecular weight is 215 g/mol. The van der Waals surface area contributed by atoms with Crippen molar-refractivity contribution in [2.24, 2.45) is 0 Å². The van der Waals surface area contributed by atoms with E-state index in [1.54, 1.807) is 18.5 Å². The Kier molecular flexibility index (Phi) is 5.71. The number of hydrogen-bond acceptors (Lipinski definition) is 2. The van der Waals surface area contributed by atoms with Gasteiger partial charge in [0.25, 0.3) is 0 Å². The zero-order chi connectivity index (χ0) is 11.6. The smallest absolute Gasteiger partial charge is 0.118 e. The van der Waals surface area contributed by atoms with Gasteiger partial charge < -0.3 is 5.11 Å². The second kappa shape index (κ2) is 7.46. The van der Waals surface area contributed by atoms with Gasteiger partial charge in [0.05, 0.1) is 0 Å². The van der Waals surface area contributed by atoms with E-state index < -0.39 is 0 Å². The summed E-state index contributed by atoms with van der Waals surface area (Å²) in [5.41, 5.74) is 1.05. The number of phenolic OH excluding ortho intramolecular Hbond substituents is 1. The molecule has 0 aliphatic carbocycles. The van der Waals surface area contributed by atoms with E-state index in [0.29, 0.717) is 5.75 Å². The minimum absolute atomic E-state index is 0.421. The summed E-state index contributed by atoms with van der Waals surface area (Å²) in [6, 6.07) is 13.2. The molecular weight excluding hydrogens is 198 g/mol. The minimum atomic E-state index is 0.421. The average Bonchev–Trinajstić information content (AvgIpc) is 2.35. The molecule has 0 aliphatic rings. The lowest BCUT2D eigenvalue weighted by atomic mass is 10.1. The number of rotatable bonds is 2. The molecule has 2 aromatic rings. The van der Waals surface area contributed by atoms with Gasteiger partial charge in [0.2, 0.25) is 0 Å². The molecule has 0 saturated carbocycles. The SMILES string of the molecule is CCCc1ccccc1O.c1ccncc1. The van der Waals surface area contributed by atoms with E-state index in [4.69, 9.17) is 0 Å². The summed E-state index contributed by atoms with van der Waals surface area (Å²) in [6.07, 6.45) is 5.55. The largest absolute Gasteiger partial charge is 0.508 e. The maximum absolute atomic E-state index is 9.24. The van der Waals surface area contributed by atoms with Crippen LogP contribution >= 0.6 is 0 Å². The van der Waals surface area contributed by atoms with Gasteiger partial charge in [-0.1, -0.05) is 37.6 Å². The van der Waals surface area contributed by atoms with Gasteiger partial charge in [-0.05, 0) is 30.2 Å². The Balaban J connectivity index is 0.000000181. The molecule has 0 aliphatic heterocycles. The zero-order valence-corrected chi connectivity index (χ0v) is 9.50. The van der Waals surface area contributed by atoms with Gasteiger partial charge >= 0.3 is 0 Å². The predicted molar refractivity (Wildman–Crippen MR) is 66.3 cm³/mol. The molecule has 1 aromatic heterocycles. The molecule has 2 heteroatoms. The van der Waals surface area contributed by atoms with Crippen LogP contribution in [0, 0.1) is 0 Å². The fourth-order valence-corrected chi connectivity index (χ4v) is 1.30. The van der Waals surface area contributed by atoms with Crippen molar-refractivity contribution in [2.75, 3.05) is 0 Å². The highest BCUT2D eigenvalue weighted by Gasteiger charge is 1.95. The number of aromatic hydroxyl groups is 1. The number of pyridine rings is 1.